The molecule has 594 valence electrons. The Hall–Kier alpha value is -1.94. The van der Waals surface area contributed by atoms with Gasteiger partial charge in [0.1, 0.15) is 19.3 Å². The van der Waals surface area contributed by atoms with E-state index in [2.05, 4.69) is 34.6 Å². The van der Waals surface area contributed by atoms with Gasteiger partial charge in [-0.05, 0) is 31.6 Å². The van der Waals surface area contributed by atoms with E-state index < -0.39 is 97.5 Å². The Bertz CT molecular complexity index is 1910. The van der Waals surface area contributed by atoms with Crippen LogP contribution in [0.25, 0.3) is 0 Å². The van der Waals surface area contributed by atoms with Gasteiger partial charge in [-0.15, -0.1) is 0 Å². The van der Waals surface area contributed by atoms with Gasteiger partial charge in [0, 0.05) is 25.7 Å². The molecule has 0 aliphatic carbocycles. The number of hydrogen-bond donors (Lipinski definition) is 3. The summed E-state index contributed by atoms with van der Waals surface area (Å²) in [6.45, 7) is 7.28. The van der Waals surface area contributed by atoms with Crippen LogP contribution in [-0.2, 0) is 65.4 Å². The third-order valence-corrected chi connectivity index (χ3v) is 20.9. The summed E-state index contributed by atoms with van der Waals surface area (Å²) in [5.41, 5.74) is 0. The Balaban J connectivity index is 5.19. The molecule has 3 N–H and O–H groups in total. The van der Waals surface area contributed by atoms with Crippen molar-refractivity contribution in [1.82, 2.24) is 0 Å². The summed E-state index contributed by atoms with van der Waals surface area (Å²) in [6.07, 6.45) is 65.4. The van der Waals surface area contributed by atoms with Gasteiger partial charge in [-0.3, -0.25) is 37.3 Å². The van der Waals surface area contributed by atoms with E-state index in [4.69, 9.17) is 37.0 Å². The minimum atomic E-state index is -4.96. The van der Waals surface area contributed by atoms with Crippen molar-refractivity contribution in [1.29, 1.82) is 0 Å². The van der Waals surface area contributed by atoms with Crippen LogP contribution in [0, 0.1) is 5.92 Å². The van der Waals surface area contributed by atoms with Crippen molar-refractivity contribution in [2.45, 2.75) is 451 Å². The van der Waals surface area contributed by atoms with Gasteiger partial charge < -0.3 is 33.8 Å². The van der Waals surface area contributed by atoms with Gasteiger partial charge in [-0.1, -0.05) is 381 Å². The molecule has 2 unspecified atom stereocenters. The van der Waals surface area contributed by atoms with Crippen LogP contribution in [0.3, 0.4) is 0 Å². The van der Waals surface area contributed by atoms with Gasteiger partial charge in [0.2, 0.25) is 0 Å². The molecule has 0 aromatic carbocycles. The van der Waals surface area contributed by atoms with Gasteiger partial charge in [0.15, 0.2) is 12.2 Å². The summed E-state index contributed by atoms with van der Waals surface area (Å²) in [5, 5.41) is 10.6. The summed E-state index contributed by atoms with van der Waals surface area (Å²) in [7, 11) is -9.91. The second-order valence-corrected chi connectivity index (χ2v) is 32.5. The monoisotopic (exact) mass is 1470 g/mol. The highest BCUT2D eigenvalue weighted by molar-refractivity contribution is 7.47. The van der Waals surface area contributed by atoms with Crippen LogP contribution < -0.4 is 0 Å². The van der Waals surface area contributed by atoms with Crippen LogP contribution in [0.1, 0.15) is 433 Å². The number of aliphatic hydroxyl groups is 1. The highest BCUT2D eigenvalue weighted by Gasteiger charge is 2.30. The van der Waals surface area contributed by atoms with E-state index in [9.17, 15) is 43.2 Å². The zero-order valence-corrected chi connectivity index (χ0v) is 67.1. The van der Waals surface area contributed by atoms with Crippen molar-refractivity contribution < 1.29 is 80.2 Å². The van der Waals surface area contributed by atoms with Gasteiger partial charge in [0.05, 0.1) is 26.4 Å². The minimum Gasteiger partial charge on any atom is -0.462 e. The van der Waals surface area contributed by atoms with Crippen LogP contribution in [0.2, 0.25) is 0 Å². The molecule has 0 radical (unpaired) electrons. The van der Waals surface area contributed by atoms with Crippen molar-refractivity contribution >= 4 is 39.5 Å². The number of phosphoric ester groups is 2. The first-order valence-electron chi connectivity index (χ1n) is 42.1. The van der Waals surface area contributed by atoms with E-state index in [0.29, 0.717) is 25.7 Å². The smallest absolute Gasteiger partial charge is 0.462 e. The Kier molecular flexibility index (Phi) is 72.5. The predicted molar refractivity (Wildman–Crippen MR) is 409 cm³/mol. The molecule has 0 rings (SSSR count). The molecule has 0 aliphatic rings. The molecule has 0 aromatic heterocycles. The maximum Gasteiger partial charge on any atom is 0.472 e. The third-order valence-electron chi connectivity index (χ3n) is 19.0. The van der Waals surface area contributed by atoms with Crippen molar-refractivity contribution in [3.05, 3.63) is 0 Å². The summed E-state index contributed by atoms with van der Waals surface area (Å²) in [5.74, 6) is -1.37. The van der Waals surface area contributed by atoms with Crippen molar-refractivity contribution in [3.8, 4) is 0 Å². The van der Waals surface area contributed by atoms with Crippen molar-refractivity contribution in [3.63, 3.8) is 0 Å². The quantitative estimate of drug-likeness (QED) is 0.0222. The Labute approximate surface area is 613 Å². The second-order valence-electron chi connectivity index (χ2n) is 29.6. The molecule has 19 heteroatoms. The van der Waals surface area contributed by atoms with Gasteiger partial charge in [-0.25, -0.2) is 9.13 Å². The Morgan fingerprint density at radius 3 is 0.680 bits per heavy atom. The van der Waals surface area contributed by atoms with Crippen molar-refractivity contribution in [2.24, 2.45) is 5.92 Å². The zero-order valence-electron chi connectivity index (χ0n) is 65.3. The lowest BCUT2D eigenvalue weighted by molar-refractivity contribution is -0.161. The Morgan fingerprint density at radius 2 is 0.460 bits per heavy atom. The molecule has 0 amide bonds. The van der Waals surface area contributed by atoms with Gasteiger partial charge in [0.25, 0.3) is 0 Å². The Morgan fingerprint density at radius 1 is 0.270 bits per heavy atom. The van der Waals surface area contributed by atoms with E-state index in [-0.39, 0.29) is 25.7 Å². The fourth-order valence-electron chi connectivity index (χ4n) is 12.6. The molecule has 0 aromatic rings. The number of hydrogen-bond acceptors (Lipinski definition) is 15. The topological polar surface area (TPSA) is 237 Å². The number of phosphoric acid groups is 2. The van der Waals surface area contributed by atoms with Crippen LogP contribution in [0.4, 0.5) is 0 Å². The van der Waals surface area contributed by atoms with Crippen LogP contribution in [-0.4, -0.2) is 96.7 Å². The fraction of sp³-hybridized carbons (Fsp3) is 0.951. The molecule has 0 heterocycles. The first kappa shape index (κ1) is 98.1. The van der Waals surface area contributed by atoms with E-state index in [0.717, 1.165) is 95.8 Å². The molecule has 0 saturated carbocycles. The lowest BCUT2D eigenvalue weighted by atomic mass is 10.0. The van der Waals surface area contributed by atoms with Crippen LogP contribution in [0.5, 0.6) is 0 Å². The molecule has 0 fully saturated rings. The maximum absolute atomic E-state index is 13.1. The van der Waals surface area contributed by atoms with E-state index in [1.54, 1.807) is 0 Å². The largest absolute Gasteiger partial charge is 0.472 e. The standard InChI is InChI=1S/C81H158O17P2/c1-6-9-12-15-18-21-23-25-27-29-31-32-33-35-37-39-41-46-51-56-61-66-80(85)97-77(71-92-79(84)65-60-55-50-45-40-38-36-34-30-28-26-24-22-19-16-13-10-7-2)73-96-100(89,90)94-69-75(82)68-93-99(87,88)95-72-76(70-91-78(83)64-59-54-49-43-20-17-14-11-8-3)98-81(86)67-62-57-52-47-42-44-48-53-58-63-74(4)5/h74-77,82H,6-73H2,1-5H3,(H,87,88)(H,89,90)/t75-,76+,77+/m0/s1. The zero-order chi connectivity index (χ0) is 73.4. The molecular formula is C81H158O17P2. The number of rotatable bonds is 81. The minimum absolute atomic E-state index is 0.106. The van der Waals surface area contributed by atoms with E-state index in [1.807, 2.05) is 0 Å². The molecule has 100 heavy (non-hydrogen) atoms. The first-order chi connectivity index (χ1) is 48.5. The van der Waals surface area contributed by atoms with Crippen LogP contribution >= 0.6 is 15.6 Å². The van der Waals surface area contributed by atoms with E-state index in [1.165, 1.54) is 257 Å². The average molecular weight is 1470 g/mol. The summed E-state index contributed by atoms with van der Waals surface area (Å²) >= 11 is 0. The molecule has 0 spiro atoms. The first-order valence-corrected chi connectivity index (χ1v) is 45.1. The summed E-state index contributed by atoms with van der Waals surface area (Å²) < 4.78 is 68.6. The molecule has 0 saturated heterocycles. The van der Waals surface area contributed by atoms with Gasteiger partial charge in [-0.2, -0.15) is 0 Å². The SMILES string of the molecule is CCCCCCCCCCCCCCCCCCCCCCCC(=O)O[C@H](COC(=O)CCCCCCCCCCCCCCCCCCCC)COP(=O)(O)OC[C@@H](O)COP(=O)(O)OC[C@@H](COC(=O)CCCCCCCCCCC)OC(=O)CCCCCCCCCCCC(C)C. The third kappa shape index (κ3) is 74.3. The molecule has 0 aliphatic heterocycles. The average Bonchev–Trinajstić information content (AvgIpc) is 0.936. The summed E-state index contributed by atoms with van der Waals surface area (Å²) in [4.78, 5) is 72.9. The lowest BCUT2D eigenvalue weighted by Crippen LogP contribution is -2.30. The highest BCUT2D eigenvalue weighted by Crippen LogP contribution is 2.45. The molecule has 0 bridgehead atoms. The second kappa shape index (κ2) is 73.9. The number of carbonyl (C=O) groups excluding carboxylic acids is 4. The highest BCUT2D eigenvalue weighted by atomic mass is 31.2. The predicted octanol–water partition coefficient (Wildman–Crippen LogP) is 24.4. The molecule has 5 atom stereocenters. The number of esters is 4. The van der Waals surface area contributed by atoms with Gasteiger partial charge >= 0.3 is 39.5 Å². The number of unbranched alkanes of at least 4 members (excludes halogenated alkanes) is 53. The fourth-order valence-corrected chi connectivity index (χ4v) is 14.2. The lowest BCUT2D eigenvalue weighted by Gasteiger charge is -2.21. The van der Waals surface area contributed by atoms with E-state index >= 15 is 0 Å². The molecule has 17 nitrogen and oxygen atoms in total. The maximum atomic E-state index is 13.1. The van der Waals surface area contributed by atoms with Crippen molar-refractivity contribution in [2.75, 3.05) is 39.6 Å². The van der Waals surface area contributed by atoms with Crippen LogP contribution in [0.15, 0.2) is 0 Å². The summed E-state index contributed by atoms with van der Waals surface area (Å²) in [6, 6.07) is 0. The number of ether oxygens (including phenoxy) is 4. The molecular weight excluding hydrogens is 1310 g/mol. The normalized spacial score (nSPS) is 13.8. The number of carbonyl (C=O) groups is 4. The number of aliphatic hydroxyl groups excluding tert-OH is 1.